The van der Waals surface area contributed by atoms with E-state index in [1.54, 1.807) is 0 Å². The number of hydrogen-bond acceptors (Lipinski definition) is 4. The van der Waals surface area contributed by atoms with Gasteiger partial charge in [0.05, 0.1) is 0 Å². The molecule has 5 nitrogen and oxygen atoms in total. The molecular weight excluding hydrogens is 300 g/mol. The van der Waals surface area contributed by atoms with Crippen LogP contribution in [0.15, 0.2) is 36.4 Å². The lowest BCUT2D eigenvalue weighted by Crippen LogP contribution is -2.04. The molecule has 0 amide bonds. The minimum atomic E-state index is -0.606. The van der Waals surface area contributed by atoms with Gasteiger partial charge in [-0.15, -0.1) is 5.10 Å². The van der Waals surface area contributed by atoms with Crippen LogP contribution in [0.1, 0.15) is 0 Å². The number of nitrogen functional groups attached to an aromatic ring is 1. The number of nitrogens with zero attached hydrogens (tertiary/aromatic N) is 4. The average Bonchev–Trinajstić information content (AvgIpc) is 2.90. The third-order valence-corrected chi connectivity index (χ3v) is 3.10. The Bertz CT molecular complexity index is 818. The topological polar surface area (TPSA) is 69.6 Å². The van der Waals surface area contributed by atoms with Crippen molar-refractivity contribution in [1.29, 1.82) is 0 Å². The van der Waals surface area contributed by atoms with Gasteiger partial charge in [0.1, 0.15) is 17.3 Å². The van der Waals surface area contributed by atoms with Crippen LogP contribution in [0.4, 0.5) is 14.5 Å². The fraction of sp³-hybridized carbons (Fsp3) is 0. The number of anilines is 1. The summed E-state index contributed by atoms with van der Waals surface area (Å²) in [6.07, 6.45) is 0. The molecule has 1 heterocycles. The lowest BCUT2D eigenvalue weighted by molar-refractivity contribution is 0.607. The molecule has 0 aliphatic rings. The minimum Gasteiger partial charge on any atom is -0.398 e. The second kappa shape index (κ2) is 5.10. The van der Waals surface area contributed by atoms with Crippen LogP contribution in [0.2, 0.25) is 5.02 Å². The van der Waals surface area contributed by atoms with Crippen LogP contribution in [-0.2, 0) is 0 Å². The summed E-state index contributed by atoms with van der Waals surface area (Å²) >= 11 is 5.71. The van der Waals surface area contributed by atoms with Crippen molar-refractivity contribution >= 4 is 17.3 Å². The molecule has 0 atom stereocenters. The van der Waals surface area contributed by atoms with Crippen molar-refractivity contribution in [1.82, 2.24) is 20.2 Å². The summed E-state index contributed by atoms with van der Waals surface area (Å²) in [5.74, 6) is -0.968. The van der Waals surface area contributed by atoms with E-state index >= 15 is 0 Å². The van der Waals surface area contributed by atoms with Crippen molar-refractivity contribution in [2.24, 2.45) is 0 Å². The molecule has 106 valence electrons. The number of aromatic nitrogens is 4. The Labute approximate surface area is 123 Å². The predicted octanol–water partition coefficient (Wildman–Crippen LogP) is 2.84. The lowest BCUT2D eigenvalue weighted by Gasteiger charge is -2.08. The first-order valence-corrected chi connectivity index (χ1v) is 6.23. The first-order chi connectivity index (χ1) is 10.1. The van der Waals surface area contributed by atoms with Gasteiger partial charge in [-0.05, 0) is 46.8 Å². The summed E-state index contributed by atoms with van der Waals surface area (Å²) < 4.78 is 28.5. The van der Waals surface area contributed by atoms with E-state index in [4.69, 9.17) is 17.3 Å². The first-order valence-electron chi connectivity index (χ1n) is 5.85. The Morgan fingerprint density at radius 1 is 1.10 bits per heavy atom. The summed E-state index contributed by atoms with van der Waals surface area (Å²) in [5.41, 5.74) is 6.44. The van der Waals surface area contributed by atoms with Crippen molar-refractivity contribution in [2.75, 3.05) is 5.73 Å². The number of hydrogen-bond donors (Lipinski definition) is 1. The van der Waals surface area contributed by atoms with E-state index in [-0.39, 0.29) is 27.8 Å². The number of rotatable bonds is 2. The van der Waals surface area contributed by atoms with E-state index in [2.05, 4.69) is 15.5 Å². The highest BCUT2D eigenvalue weighted by atomic mass is 35.5. The van der Waals surface area contributed by atoms with Gasteiger partial charge in [-0.3, -0.25) is 0 Å². The molecule has 1 aromatic heterocycles. The van der Waals surface area contributed by atoms with Crippen LogP contribution < -0.4 is 5.73 Å². The van der Waals surface area contributed by atoms with Crippen molar-refractivity contribution in [3.63, 3.8) is 0 Å². The van der Waals surface area contributed by atoms with Crippen LogP contribution in [0.3, 0.4) is 0 Å². The number of nitrogens with two attached hydrogens (primary N) is 1. The molecule has 0 radical (unpaired) electrons. The molecule has 0 saturated carbocycles. The van der Waals surface area contributed by atoms with Gasteiger partial charge < -0.3 is 5.73 Å². The van der Waals surface area contributed by atoms with Gasteiger partial charge in [0.25, 0.3) is 0 Å². The molecule has 2 N–H and O–H groups in total. The van der Waals surface area contributed by atoms with Gasteiger partial charge in [0, 0.05) is 16.3 Å². The Morgan fingerprint density at radius 3 is 2.67 bits per heavy atom. The van der Waals surface area contributed by atoms with Crippen molar-refractivity contribution in [3.8, 4) is 17.1 Å². The molecule has 2 aromatic carbocycles. The Balaban J connectivity index is 2.19. The SMILES string of the molecule is Nc1ccc(F)cc1-c1nnnn1-c1ccc(Cl)cc1F. The van der Waals surface area contributed by atoms with Crippen LogP contribution in [0, 0.1) is 11.6 Å². The van der Waals surface area contributed by atoms with Gasteiger partial charge in [-0.2, -0.15) is 4.68 Å². The molecule has 0 aliphatic heterocycles. The number of tetrazole rings is 1. The fourth-order valence-electron chi connectivity index (χ4n) is 1.89. The maximum atomic E-state index is 14.0. The molecule has 0 spiro atoms. The van der Waals surface area contributed by atoms with Crippen LogP contribution in [0.5, 0.6) is 0 Å². The second-order valence-electron chi connectivity index (χ2n) is 4.24. The zero-order chi connectivity index (χ0) is 15.0. The molecule has 0 fully saturated rings. The molecule has 0 unspecified atom stereocenters. The first kappa shape index (κ1) is 13.4. The highest BCUT2D eigenvalue weighted by Gasteiger charge is 2.17. The number of benzene rings is 2. The summed E-state index contributed by atoms with van der Waals surface area (Å²) in [6.45, 7) is 0. The molecule has 0 aliphatic carbocycles. The predicted molar refractivity (Wildman–Crippen MR) is 73.9 cm³/mol. The highest BCUT2D eigenvalue weighted by molar-refractivity contribution is 6.30. The molecule has 8 heteroatoms. The number of halogens is 3. The van der Waals surface area contributed by atoms with E-state index in [9.17, 15) is 8.78 Å². The van der Waals surface area contributed by atoms with E-state index < -0.39 is 11.6 Å². The summed E-state index contributed by atoms with van der Waals surface area (Å²) in [5, 5.41) is 11.2. The van der Waals surface area contributed by atoms with Crippen LogP contribution in [0.25, 0.3) is 17.1 Å². The van der Waals surface area contributed by atoms with Gasteiger partial charge in [-0.1, -0.05) is 11.6 Å². The monoisotopic (exact) mass is 307 g/mol. The Hall–Kier alpha value is -2.54. The van der Waals surface area contributed by atoms with Crippen LogP contribution in [-0.4, -0.2) is 20.2 Å². The smallest absolute Gasteiger partial charge is 0.189 e. The highest BCUT2D eigenvalue weighted by Crippen LogP contribution is 2.27. The van der Waals surface area contributed by atoms with Crippen molar-refractivity contribution in [3.05, 3.63) is 53.1 Å². The normalized spacial score (nSPS) is 10.8. The van der Waals surface area contributed by atoms with Gasteiger partial charge in [0.15, 0.2) is 5.82 Å². The van der Waals surface area contributed by atoms with Gasteiger partial charge in [0.2, 0.25) is 0 Å². The summed E-state index contributed by atoms with van der Waals surface area (Å²) in [4.78, 5) is 0. The Kier molecular flexibility index (Phi) is 3.26. The lowest BCUT2D eigenvalue weighted by atomic mass is 10.1. The zero-order valence-electron chi connectivity index (χ0n) is 10.5. The van der Waals surface area contributed by atoms with Gasteiger partial charge >= 0.3 is 0 Å². The maximum absolute atomic E-state index is 14.0. The Morgan fingerprint density at radius 2 is 1.90 bits per heavy atom. The zero-order valence-corrected chi connectivity index (χ0v) is 11.2. The van der Waals surface area contributed by atoms with Gasteiger partial charge in [-0.25, -0.2) is 8.78 Å². The molecule has 0 saturated heterocycles. The van der Waals surface area contributed by atoms with E-state index in [0.717, 1.165) is 10.7 Å². The minimum absolute atomic E-state index is 0.0862. The summed E-state index contributed by atoms with van der Waals surface area (Å²) in [7, 11) is 0. The van der Waals surface area contributed by atoms with E-state index in [1.165, 1.54) is 30.3 Å². The fourth-order valence-corrected chi connectivity index (χ4v) is 2.05. The molecule has 3 rings (SSSR count). The second-order valence-corrected chi connectivity index (χ2v) is 4.68. The third kappa shape index (κ3) is 2.43. The average molecular weight is 308 g/mol. The van der Waals surface area contributed by atoms with Crippen molar-refractivity contribution in [2.45, 2.75) is 0 Å². The van der Waals surface area contributed by atoms with E-state index in [0.29, 0.717) is 0 Å². The molecule has 21 heavy (non-hydrogen) atoms. The largest absolute Gasteiger partial charge is 0.398 e. The van der Waals surface area contributed by atoms with Crippen LogP contribution >= 0.6 is 11.6 Å². The third-order valence-electron chi connectivity index (χ3n) is 2.86. The molecule has 3 aromatic rings. The van der Waals surface area contributed by atoms with E-state index in [1.807, 2.05) is 0 Å². The quantitative estimate of drug-likeness (QED) is 0.739. The summed E-state index contributed by atoms with van der Waals surface area (Å²) in [6, 6.07) is 7.85. The van der Waals surface area contributed by atoms with Crippen molar-refractivity contribution < 1.29 is 8.78 Å². The molecular formula is C13H8ClF2N5. The maximum Gasteiger partial charge on any atom is 0.189 e. The standard InChI is InChI=1S/C13H8ClF2N5/c14-7-1-4-12(10(16)5-7)21-13(18-19-20-21)9-6-8(15)2-3-11(9)17/h1-6H,17H2. The molecule has 0 bridgehead atoms.